The monoisotopic (exact) mass is 275 g/mol. The normalized spacial score (nSPS) is 13.0. The van der Waals surface area contributed by atoms with Crippen molar-refractivity contribution in [2.45, 2.75) is 19.9 Å². The van der Waals surface area contributed by atoms with E-state index in [-0.39, 0.29) is 6.04 Å². The Kier molecular flexibility index (Phi) is 2.80. The topological polar surface area (TPSA) is 33.6 Å². The van der Waals surface area contributed by atoms with Gasteiger partial charge < -0.3 is 9.55 Å². The molecule has 92 valence electrons. The number of aromatic amines is 1. The summed E-state index contributed by atoms with van der Waals surface area (Å²) in [7, 11) is 0. The van der Waals surface area contributed by atoms with E-state index in [1.807, 2.05) is 25.1 Å². The average Bonchev–Trinajstić information content (AvgIpc) is 2.91. The van der Waals surface area contributed by atoms with Gasteiger partial charge in [0.2, 0.25) is 0 Å². The molecule has 0 amide bonds. The van der Waals surface area contributed by atoms with Gasteiger partial charge in [-0.25, -0.2) is 4.98 Å². The lowest BCUT2D eigenvalue weighted by molar-refractivity contribution is 0.643. The minimum absolute atomic E-state index is 0.160. The van der Waals surface area contributed by atoms with Crippen LogP contribution in [-0.2, 0) is 0 Å². The molecular formula is C13H13N3S2. The number of nitrogens with one attached hydrogen (secondary N) is 1. The summed E-state index contributed by atoms with van der Waals surface area (Å²) in [4.78, 5) is 7.79. The number of para-hydroxylation sites is 2. The Morgan fingerprint density at radius 1 is 1.39 bits per heavy atom. The molecular weight excluding hydrogens is 262 g/mol. The third kappa shape index (κ3) is 1.79. The molecule has 0 fully saturated rings. The molecule has 1 unspecified atom stereocenters. The van der Waals surface area contributed by atoms with E-state index in [2.05, 4.69) is 32.9 Å². The maximum atomic E-state index is 5.42. The minimum Gasteiger partial charge on any atom is -0.331 e. The van der Waals surface area contributed by atoms with Crippen LogP contribution in [0, 0.1) is 11.7 Å². The summed E-state index contributed by atoms with van der Waals surface area (Å²) in [6, 6.07) is 8.32. The fraction of sp³-hybridized carbons (Fsp3) is 0.231. The number of H-pyrrole nitrogens is 1. The van der Waals surface area contributed by atoms with Crippen molar-refractivity contribution in [3.05, 3.63) is 45.1 Å². The second-order valence-electron chi connectivity index (χ2n) is 4.32. The molecule has 0 saturated carbocycles. The highest BCUT2D eigenvalue weighted by atomic mass is 32.1. The van der Waals surface area contributed by atoms with Crippen LogP contribution in [0.1, 0.15) is 23.7 Å². The first-order chi connectivity index (χ1) is 8.66. The Bertz CT molecular complexity index is 751. The first kappa shape index (κ1) is 11.6. The van der Waals surface area contributed by atoms with Gasteiger partial charge in [-0.2, -0.15) is 0 Å². The van der Waals surface area contributed by atoms with Gasteiger partial charge in [-0.05, 0) is 38.2 Å². The van der Waals surface area contributed by atoms with E-state index in [0.29, 0.717) is 0 Å². The van der Waals surface area contributed by atoms with Crippen LogP contribution in [0.5, 0.6) is 0 Å². The number of rotatable bonds is 2. The quantitative estimate of drug-likeness (QED) is 0.715. The van der Waals surface area contributed by atoms with E-state index in [9.17, 15) is 0 Å². The largest absolute Gasteiger partial charge is 0.331 e. The van der Waals surface area contributed by atoms with Crippen molar-refractivity contribution in [2.75, 3.05) is 0 Å². The molecule has 1 N–H and O–H groups in total. The molecule has 2 aromatic heterocycles. The number of aryl methyl sites for hydroxylation is 1. The van der Waals surface area contributed by atoms with Crippen LogP contribution in [0.15, 0.2) is 29.6 Å². The molecule has 0 saturated heterocycles. The van der Waals surface area contributed by atoms with Crippen LogP contribution in [0.25, 0.3) is 11.0 Å². The molecule has 3 aromatic rings. The molecule has 3 nitrogen and oxygen atoms in total. The fourth-order valence-corrected chi connectivity index (χ4v) is 3.34. The van der Waals surface area contributed by atoms with E-state index in [0.717, 1.165) is 26.5 Å². The zero-order chi connectivity index (χ0) is 12.7. The third-order valence-electron chi connectivity index (χ3n) is 3.01. The first-order valence-electron chi connectivity index (χ1n) is 5.78. The predicted molar refractivity (Wildman–Crippen MR) is 77.8 cm³/mol. The molecule has 0 aliphatic rings. The number of benzene rings is 1. The van der Waals surface area contributed by atoms with Crippen LogP contribution in [0.2, 0.25) is 0 Å². The molecule has 0 radical (unpaired) electrons. The van der Waals surface area contributed by atoms with Gasteiger partial charge in [0.05, 0.1) is 17.1 Å². The zero-order valence-electron chi connectivity index (χ0n) is 10.2. The predicted octanol–water partition coefficient (Wildman–Crippen LogP) is 4.07. The number of imidazole rings is 1. The van der Waals surface area contributed by atoms with Gasteiger partial charge >= 0.3 is 0 Å². The summed E-state index contributed by atoms with van der Waals surface area (Å²) in [6.07, 6.45) is 0. The SMILES string of the molecule is Cc1csc(C(C)n2c(=S)[nH]c3ccccc32)n1. The van der Waals surface area contributed by atoms with Crippen molar-refractivity contribution < 1.29 is 0 Å². The lowest BCUT2D eigenvalue weighted by Gasteiger charge is -2.11. The summed E-state index contributed by atoms with van der Waals surface area (Å²) in [5.74, 6) is 0. The summed E-state index contributed by atoms with van der Waals surface area (Å²) < 4.78 is 2.87. The first-order valence-corrected chi connectivity index (χ1v) is 7.07. The molecule has 0 aliphatic heterocycles. The van der Waals surface area contributed by atoms with Gasteiger partial charge in [-0.3, -0.25) is 0 Å². The van der Waals surface area contributed by atoms with Gasteiger partial charge in [-0.1, -0.05) is 12.1 Å². The average molecular weight is 275 g/mol. The molecule has 0 aliphatic carbocycles. The Labute approximate surface area is 114 Å². The molecule has 5 heteroatoms. The van der Waals surface area contributed by atoms with E-state index < -0.39 is 0 Å². The Morgan fingerprint density at radius 2 is 2.17 bits per heavy atom. The molecule has 1 aromatic carbocycles. The van der Waals surface area contributed by atoms with Gasteiger partial charge in [0.25, 0.3) is 0 Å². The second-order valence-corrected chi connectivity index (χ2v) is 5.60. The van der Waals surface area contributed by atoms with Crippen molar-refractivity contribution in [1.82, 2.24) is 14.5 Å². The van der Waals surface area contributed by atoms with E-state index >= 15 is 0 Å². The number of aromatic nitrogens is 3. The van der Waals surface area contributed by atoms with Crippen LogP contribution < -0.4 is 0 Å². The highest BCUT2D eigenvalue weighted by Gasteiger charge is 2.15. The number of hydrogen-bond donors (Lipinski definition) is 1. The smallest absolute Gasteiger partial charge is 0.178 e. The van der Waals surface area contributed by atoms with Crippen molar-refractivity contribution >= 4 is 34.6 Å². The van der Waals surface area contributed by atoms with E-state index in [4.69, 9.17) is 12.2 Å². The number of nitrogens with zero attached hydrogens (tertiary/aromatic N) is 2. The lowest BCUT2D eigenvalue weighted by atomic mass is 10.3. The molecule has 0 bridgehead atoms. The Hall–Kier alpha value is -1.46. The third-order valence-corrected chi connectivity index (χ3v) is 4.44. The minimum atomic E-state index is 0.160. The second kappa shape index (κ2) is 4.33. The number of thiazole rings is 1. The Morgan fingerprint density at radius 3 is 2.89 bits per heavy atom. The summed E-state index contributed by atoms with van der Waals surface area (Å²) >= 11 is 7.10. The fourth-order valence-electron chi connectivity index (χ4n) is 2.13. The van der Waals surface area contributed by atoms with E-state index in [1.165, 1.54) is 0 Å². The highest BCUT2D eigenvalue weighted by molar-refractivity contribution is 7.71. The highest BCUT2D eigenvalue weighted by Crippen LogP contribution is 2.26. The number of fused-ring (bicyclic) bond motifs is 1. The molecule has 18 heavy (non-hydrogen) atoms. The van der Waals surface area contributed by atoms with Gasteiger partial charge in [0.1, 0.15) is 5.01 Å². The summed E-state index contributed by atoms with van der Waals surface area (Å²) in [5, 5.41) is 3.16. The van der Waals surface area contributed by atoms with Gasteiger partial charge in [-0.15, -0.1) is 11.3 Å². The summed E-state index contributed by atoms with van der Waals surface area (Å²) in [6.45, 7) is 4.15. The zero-order valence-corrected chi connectivity index (χ0v) is 11.8. The van der Waals surface area contributed by atoms with Crippen molar-refractivity contribution in [2.24, 2.45) is 0 Å². The summed E-state index contributed by atoms with van der Waals surface area (Å²) in [5.41, 5.74) is 3.26. The molecule has 3 rings (SSSR count). The van der Waals surface area contributed by atoms with Crippen molar-refractivity contribution in [3.63, 3.8) is 0 Å². The van der Waals surface area contributed by atoms with Gasteiger partial charge in [0.15, 0.2) is 4.77 Å². The molecule has 2 heterocycles. The van der Waals surface area contributed by atoms with Crippen LogP contribution >= 0.6 is 23.6 Å². The maximum Gasteiger partial charge on any atom is 0.178 e. The lowest BCUT2D eigenvalue weighted by Crippen LogP contribution is -2.06. The van der Waals surface area contributed by atoms with Crippen LogP contribution in [-0.4, -0.2) is 14.5 Å². The van der Waals surface area contributed by atoms with Gasteiger partial charge in [0, 0.05) is 11.1 Å². The number of hydrogen-bond acceptors (Lipinski definition) is 3. The maximum absolute atomic E-state index is 5.42. The van der Waals surface area contributed by atoms with Crippen molar-refractivity contribution in [1.29, 1.82) is 0 Å². The van der Waals surface area contributed by atoms with Crippen LogP contribution in [0.4, 0.5) is 0 Å². The van der Waals surface area contributed by atoms with Crippen LogP contribution in [0.3, 0.4) is 0 Å². The Balaban J connectivity index is 2.19. The molecule has 1 atom stereocenters. The van der Waals surface area contributed by atoms with E-state index in [1.54, 1.807) is 11.3 Å². The molecule has 0 spiro atoms. The van der Waals surface area contributed by atoms with Crippen molar-refractivity contribution in [3.8, 4) is 0 Å². The standard InChI is InChI=1S/C13H13N3S2/c1-8-7-18-12(14-8)9(2)16-11-6-4-3-5-10(11)15-13(16)17/h3-7,9H,1-2H3,(H,15,17).